The van der Waals surface area contributed by atoms with Crippen molar-refractivity contribution in [3.05, 3.63) is 141 Å². The SMILES string of the molecule is Cc1ccc(C(c2ccc[nH]2)c2cc3sc4cc(C(c5ccc(C)cc5)c5ccc[nH]5)sc4c3s2)cc1. The number of H-pyrrole nitrogens is 2. The lowest BCUT2D eigenvalue weighted by atomic mass is 9.93. The number of aryl methyl sites for hydroxylation is 2. The standard InChI is InChI=1S/C32H26N2S3/c1-19-7-11-21(12-8-19)29(23-5-3-15-33-23)25-17-27-31(36-25)32-28(35-27)18-26(37-32)30(24-6-4-16-34-24)22-13-9-20(2)10-14-22/h3-18,29-30,33-34H,1-2H3. The highest BCUT2D eigenvalue weighted by atomic mass is 32.1. The maximum absolute atomic E-state index is 3.49. The summed E-state index contributed by atoms with van der Waals surface area (Å²) in [6.07, 6.45) is 4.06. The Labute approximate surface area is 228 Å². The van der Waals surface area contributed by atoms with E-state index >= 15 is 0 Å². The predicted octanol–water partition coefficient (Wildman–Crippen LogP) is 9.81. The fourth-order valence-corrected chi connectivity index (χ4v) is 9.55. The van der Waals surface area contributed by atoms with Gasteiger partial charge in [-0.3, -0.25) is 0 Å². The molecule has 7 rings (SSSR count). The molecule has 0 aliphatic carbocycles. The number of fused-ring (bicyclic) bond motifs is 3. The second-order valence-electron chi connectivity index (χ2n) is 9.72. The summed E-state index contributed by atoms with van der Waals surface area (Å²) < 4.78 is 5.62. The maximum Gasteiger partial charge on any atom is 0.0632 e. The number of rotatable bonds is 6. The molecule has 0 fully saturated rings. The van der Waals surface area contributed by atoms with Crippen molar-refractivity contribution in [2.45, 2.75) is 25.7 Å². The molecule has 2 N–H and O–H groups in total. The Hall–Kier alpha value is -3.38. The molecule has 0 bridgehead atoms. The van der Waals surface area contributed by atoms with Crippen molar-refractivity contribution >= 4 is 52.8 Å². The zero-order valence-corrected chi connectivity index (χ0v) is 23.1. The fraction of sp³-hybridized carbons (Fsp3) is 0.125. The number of hydrogen-bond acceptors (Lipinski definition) is 3. The summed E-state index contributed by atoms with van der Waals surface area (Å²) in [7, 11) is 0. The molecule has 0 saturated carbocycles. The lowest BCUT2D eigenvalue weighted by molar-refractivity contribution is 0.955. The van der Waals surface area contributed by atoms with E-state index in [-0.39, 0.29) is 11.8 Å². The van der Waals surface area contributed by atoms with Crippen molar-refractivity contribution in [3.63, 3.8) is 0 Å². The molecule has 0 amide bonds. The number of hydrogen-bond donors (Lipinski definition) is 2. The van der Waals surface area contributed by atoms with Crippen LogP contribution in [0.2, 0.25) is 0 Å². The van der Waals surface area contributed by atoms with Crippen LogP contribution in [-0.4, -0.2) is 9.97 Å². The van der Waals surface area contributed by atoms with E-state index in [0.29, 0.717) is 0 Å². The number of aromatic amines is 2. The fourth-order valence-electron chi connectivity index (χ4n) is 5.22. The summed E-state index contributed by atoms with van der Waals surface area (Å²) in [5.74, 6) is 0.433. The van der Waals surface area contributed by atoms with Crippen LogP contribution in [0.5, 0.6) is 0 Å². The van der Waals surface area contributed by atoms with Gasteiger partial charge in [-0.2, -0.15) is 0 Å². The molecule has 2 nitrogen and oxygen atoms in total. The molecule has 0 aliphatic heterocycles. The molecule has 5 aromatic heterocycles. The van der Waals surface area contributed by atoms with Crippen LogP contribution in [0.3, 0.4) is 0 Å². The Morgan fingerprint density at radius 1 is 0.541 bits per heavy atom. The van der Waals surface area contributed by atoms with Crippen molar-refractivity contribution in [1.82, 2.24) is 9.97 Å². The average Bonchev–Trinajstić information content (AvgIpc) is 3.71. The van der Waals surface area contributed by atoms with Gasteiger partial charge in [-0.1, -0.05) is 59.7 Å². The number of benzene rings is 2. The van der Waals surface area contributed by atoms with Crippen LogP contribution in [0.15, 0.2) is 97.3 Å². The summed E-state index contributed by atoms with van der Waals surface area (Å²) in [5, 5.41) is 0. The average molecular weight is 535 g/mol. The first-order valence-electron chi connectivity index (χ1n) is 12.5. The minimum Gasteiger partial charge on any atom is -0.364 e. The third-order valence-corrected chi connectivity index (χ3v) is 11.0. The molecule has 182 valence electrons. The van der Waals surface area contributed by atoms with Gasteiger partial charge in [0.25, 0.3) is 0 Å². The maximum atomic E-state index is 3.49. The van der Waals surface area contributed by atoms with Gasteiger partial charge < -0.3 is 9.97 Å². The molecule has 2 aromatic carbocycles. The molecule has 0 saturated heterocycles. The Kier molecular flexibility index (Phi) is 5.65. The molecule has 5 heterocycles. The molecule has 0 spiro atoms. The number of thiophene rings is 3. The lowest BCUT2D eigenvalue weighted by Gasteiger charge is -2.15. The summed E-state index contributed by atoms with van der Waals surface area (Å²) in [6.45, 7) is 4.30. The minimum atomic E-state index is 0.217. The van der Waals surface area contributed by atoms with Gasteiger partial charge in [0, 0.05) is 42.9 Å². The first-order valence-corrected chi connectivity index (χ1v) is 14.9. The Morgan fingerprint density at radius 3 is 1.35 bits per heavy atom. The molecule has 0 radical (unpaired) electrons. The Morgan fingerprint density at radius 2 is 0.973 bits per heavy atom. The van der Waals surface area contributed by atoms with E-state index in [4.69, 9.17) is 0 Å². The Balaban J connectivity index is 1.34. The molecule has 37 heavy (non-hydrogen) atoms. The third kappa shape index (κ3) is 4.08. The van der Waals surface area contributed by atoms with E-state index in [0.717, 1.165) is 0 Å². The van der Waals surface area contributed by atoms with Gasteiger partial charge in [-0.25, -0.2) is 0 Å². The normalized spacial score (nSPS) is 13.5. The van der Waals surface area contributed by atoms with Crippen molar-refractivity contribution in [1.29, 1.82) is 0 Å². The van der Waals surface area contributed by atoms with Gasteiger partial charge in [-0.15, -0.1) is 34.0 Å². The van der Waals surface area contributed by atoms with Crippen molar-refractivity contribution in [3.8, 4) is 0 Å². The van der Waals surface area contributed by atoms with Gasteiger partial charge in [0.05, 0.1) is 21.2 Å². The minimum absolute atomic E-state index is 0.217. The largest absolute Gasteiger partial charge is 0.364 e. The second kappa shape index (κ2) is 9.18. The lowest BCUT2D eigenvalue weighted by Crippen LogP contribution is -2.01. The van der Waals surface area contributed by atoms with Gasteiger partial charge in [-0.05, 0) is 61.4 Å². The van der Waals surface area contributed by atoms with Gasteiger partial charge in [0.2, 0.25) is 0 Å². The van der Waals surface area contributed by atoms with E-state index in [2.05, 4.69) is 109 Å². The number of aromatic nitrogens is 2. The molecular formula is C32H26N2S3. The van der Waals surface area contributed by atoms with E-state index < -0.39 is 0 Å². The summed E-state index contributed by atoms with van der Waals surface area (Å²) in [6, 6.07) is 31.4. The summed E-state index contributed by atoms with van der Waals surface area (Å²) in [4.78, 5) is 9.76. The highest BCUT2D eigenvalue weighted by molar-refractivity contribution is 7.38. The predicted molar refractivity (Wildman–Crippen MR) is 161 cm³/mol. The van der Waals surface area contributed by atoms with Crippen LogP contribution in [0, 0.1) is 13.8 Å². The van der Waals surface area contributed by atoms with Crippen LogP contribution in [0.1, 0.15) is 55.2 Å². The molecule has 7 aromatic rings. The first-order chi connectivity index (χ1) is 18.1. The summed E-state index contributed by atoms with van der Waals surface area (Å²) in [5.41, 5.74) is 7.73. The molecule has 0 aliphatic rings. The van der Waals surface area contributed by atoms with Crippen LogP contribution >= 0.6 is 34.0 Å². The van der Waals surface area contributed by atoms with Gasteiger partial charge in [0.15, 0.2) is 0 Å². The summed E-state index contributed by atoms with van der Waals surface area (Å²) >= 11 is 5.83. The highest BCUT2D eigenvalue weighted by Gasteiger charge is 2.25. The quantitative estimate of drug-likeness (QED) is 0.213. The van der Waals surface area contributed by atoms with E-state index in [1.165, 1.54) is 62.2 Å². The van der Waals surface area contributed by atoms with E-state index in [1.54, 1.807) is 0 Å². The molecule has 2 unspecified atom stereocenters. The topological polar surface area (TPSA) is 31.6 Å². The molecule has 5 heteroatoms. The van der Waals surface area contributed by atoms with Gasteiger partial charge >= 0.3 is 0 Å². The van der Waals surface area contributed by atoms with Crippen molar-refractivity contribution in [2.24, 2.45) is 0 Å². The van der Waals surface area contributed by atoms with Crippen LogP contribution in [0.25, 0.3) is 18.8 Å². The van der Waals surface area contributed by atoms with Crippen LogP contribution in [-0.2, 0) is 0 Å². The number of nitrogens with one attached hydrogen (secondary N) is 2. The van der Waals surface area contributed by atoms with Crippen molar-refractivity contribution in [2.75, 3.05) is 0 Å². The van der Waals surface area contributed by atoms with Gasteiger partial charge in [0.1, 0.15) is 0 Å². The first kappa shape index (κ1) is 22.8. The third-order valence-electron chi connectivity index (χ3n) is 7.12. The van der Waals surface area contributed by atoms with Crippen LogP contribution < -0.4 is 0 Å². The zero-order valence-electron chi connectivity index (χ0n) is 20.6. The van der Waals surface area contributed by atoms with Crippen molar-refractivity contribution < 1.29 is 0 Å². The second-order valence-corrected chi connectivity index (χ2v) is 13.0. The smallest absolute Gasteiger partial charge is 0.0632 e. The monoisotopic (exact) mass is 534 g/mol. The Bertz CT molecular complexity index is 1650. The highest BCUT2D eigenvalue weighted by Crippen LogP contribution is 2.49. The van der Waals surface area contributed by atoms with E-state index in [1.807, 2.05) is 46.4 Å². The van der Waals surface area contributed by atoms with Crippen LogP contribution in [0.4, 0.5) is 0 Å². The molecular weight excluding hydrogens is 509 g/mol. The molecule has 2 atom stereocenters. The van der Waals surface area contributed by atoms with E-state index in [9.17, 15) is 0 Å². The zero-order chi connectivity index (χ0) is 24.9.